The molecule has 1 aliphatic rings. The number of hydrogen-bond donors (Lipinski definition) is 1. The minimum absolute atomic E-state index is 0.452. The Balaban J connectivity index is 2.41. The Morgan fingerprint density at radius 2 is 2.08 bits per heavy atom. The van der Waals surface area contributed by atoms with Crippen molar-refractivity contribution in [1.82, 2.24) is 0 Å². The fourth-order valence-electron chi connectivity index (χ4n) is 2.57. The predicted molar refractivity (Wildman–Crippen MR) is 58.6 cm³/mol. The maximum atomic E-state index is 6.26. The summed E-state index contributed by atoms with van der Waals surface area (Å²) >= 11 is 0. The maximum absolute atomic E-state index is 6.26. The van der Waals surface area contributed by atoms with Crippen molar-refractivity contribution in [2.24, 2.45) is 23.5 Å². The number of nitrogens with two attached hydrogens (primary N) is 1. The lowest BCUT2D eigenvalue weighted by Gasteiger charge is -2.34. The predicted octanol–water partition coefficient (Wildman–Crippen LogP) is 3.19. The summed E-state index contributed by atoms with van der Waals surface area (Å²) in [5.74, 6) is 2.42. The summed E-state index contributed by atoms with van der Waals surface area (Å²) in [6, 6.07) is 0.452. The highest BCUT2D eigenvalue weighted by Gasteiger charge is 2.26. The number of hydrogen-bond acceptors (Lipinski definition) is 1. The van der Waals surface area contributed by atoms with Crippen LogP contribution in [0, 0.1) is 17.8 Å². The Bertz CT molecular complexity index is 144. The third-order valence-corrected chi connectivity index (χ3v) is 3.82. The van der Waals surface area contributed by atoms with E-state index in [9.17, 15) is 0 Å². The van der Waals surface area contributed by atoms with Gasteiger partial charge in [0, 0.05) is 6.04 Å². The largest absolute Gasteiger partial charge is 0.327 e. The van der Waals surface area contributed by atoms with Crippen LogP contribution in [0.25, 0.3) is 0 Å². The van der Waals surface area contributed by atoms with Gasteiger partial charge in [0.2, 0.25) is 0 Å². The Morgan fingerprint density at radius 1 is 1.38 bits per heavy atom. The van der Waals surface area contributed by atoms with Crippen molar-refractivity contribution in [3.05, 3.63) is 0 Å². The Kier molecular flexibility index (Phi) is 4.24. The molecule has 0 aromatic rings. The van der Waals surface area contributed by atoms with Gasteiger partial charge in [-0.3, -0.25) is 0 Å². The maximum Gasteiger partial charge on any atom is 0.00929 e. The van der Waals surface area contributed by atoms with Crippen molar-refractivity contribution < 1.29 is 0 Å². The molecule has 0 radical (unpaired) electrons. The zero-order valence-electron chi connectivity index (χ0n) is 9.42. The molecule has 0 bridgehead atoms. The molecule has 1 nitrogen and oxygen atoms in total. The molecule has 4 atom stereocenters. The molecule has 0 aromatic heterocycles. The van der Waals surface area contributed by atoms with Crippen LogP contribution in [0.4, 0.5) is 0 Å². The molecule has 2 N–H and O–H groups in total. The summed E-state index contributed by atoms with van der Waals surface area (Å²) in [6.45, 7) is 6.91. The van der Waals surface area contributed by atoms with Gasteiger partial charge in [0.15, 0.2) is 0 Å². The fourth-order valence-corrected chi connectivity index (χ4v) is 2.57. The van der Waals surface area contributed by atoms with E-state index in [-0.39, 0.29) is 0 Å². The Hall–Kier alpha value is -0.0400. The van der Waals surface area contributed by atoms with Crippen molar-refractivity contribution >= 4 is 0 Å². The molecule has 1 saturated carbocycles. The van der Waals surface area contributed by atoms with Crippen LogP contribution < -0.4 is 5.73 Å². The highest BCUT2D eigenvalue weighted by atomic mass is 14.7. The second kappa shape index (κ2) is 4.99. The molecular weight excluding hydrogens is 158 g/mol. The molecule has 78 valence electrons. The van der Waals surface area contributed by atoms with Crippen LogP contribution in [-0.2, 0) is 0 Å². The van der Waals surface area contributed by atoms with E-state index in [4.69, 9.17) is 5.73 Å². The van der Waals surface area contributed by atoms with Gasteiger partial charge in [0.1, 0.15) is 0 Å². The summed E-state index contributed by atoms with van der Waals surface area (Å²) in [4.78, 5) is 0. The zero-order chi connectivity index (χ0) is 9.84. The lowest BCUT2D eigenvalue weighted by molar-refractivity contribution is 0.209. The first-order valence-electron chi connectivity index (χ1n) is 5.90. The molecule has 1 fully saturated rings. The van der Waals surface area contributed by atoms with Crippen LogP contribution in [0.15, 0.2) is 0 Å². The molecule has 0 heterocycles. The van der Waals surface area contributed by atoms with Gasteiger partial charge in [-0.1, -0.05) is 40.0 Å². The van der Waals surface area contributed by atoms with E-state index in [1.165, 1.54) is 32.1 Å². The first-order chi connectivity index (χ1) is 6.15. The molecule has 1 rings (SSSR count). The fraction of sp³-hybridized carbons (Fsp3) is 1.00. The van der Waals surface area contributed by atoms with E-state index in [1.54, 1.807) is 0 Å². The quantitative estimate of drug-likeness (QED) is 0.714. The summed E-state index contributed by atoms with van der Waals surface area (Å²) in [5, 5.41) is 0. The topological polar surface area (TPSA) is 26.0 Å². The van der Waals surface area contributed by atoms with Gasteiger partial charge in [-0.25, -0.2) is 0 Å². The van der Waals surface area contributed by atoms with Gasteiger partial charge in [0.25, 0.3) is 0 Å². The second-order valence-electron chi connectivity index (χ2n) is 4.99. The molecular formula is C12H25N. The third kappa shape index (κ3) is 2.98. The average Bonchev–Trinajstić information content (AvgIpc) is 2.15. The van der Waals surface area contributed by atoms with Gasteiger partial charge in [-0.2, -0.15) is 0 Å². The van der Waals surface area contributed by atoms with Gasteiger partial charge in [0.05, 0.1) is 0 Å². The molecule has 13 heavy (non-hydrogen) atoms. The summed E-state index contributed by atoms with van der Waals surface area (Å²) in [5.41, 5.74) is 6.26. The van der Waals surface area contributed by atoms with Crippen LogP contribution in [0.1, 0.15) is 52.9 Å². The van der Waals surface area contributed by atoms with Crippen LogP contribution in [0.2, 0.25) is 0 Å². The molecule has 0 saturated heterocycles. The van der Waals surface area contributed by atoms with Gasteiger partial charge in [-0.05, 0) is 30.6 Å². The summed E-state index contributed by atoms with van der Waals surface area (Å²) in [6.07, 6.45) is 6.78. The van der Waals surface area contributed by atoms with E-state index < -0.39 is 0 Å². The first kappa shape index (κ1) is 11.0. The molecule has 1 aliphatic carbocycles. The highest BCUT2D eigenvalue weighted by molar-refractivity contribution is 4.81. The normalized spacial score (nSPS) is 34.2. The van der Waals surface area contributed by atoms with Gasteiger partial charge < -0.3 is 5.73 Å². The van der Waals surface area contributed by atoms with Crippen LogP contribution in [0.3, 0.4) is 0 Å². The smallest absolute Gasteiger partial charge is 0.00929 e. The molecule has 0 amide bonds. The lowest BCUT2D eigenvalue weighted by atomic mass is 9.75. The zero-order valence-corrected chi connectivity index (χ0v) is 9.42. The highest BCUT2D eigenvalue weighted by Crippen LogP contribution is 2.32. The monoisotopic (exact) mass is 183 g/mol. The Morgan fingerprint density at radius 3 is 2.62 bits per heavy atom. The van der Waals surface area contributed by atoms with Crippen molar-refractivity contribution in [3.8, 4) is 0 Å². The third-order valence-electron chi connectivity index (χ3n) is 3.82. The molecule has 1 heteroatoms. The standard InChI is InChI=1S/C12H25N/c1-4-10(3)12(13)11-7-5-6-9(2)8-11/h9-12H,4-8,13H2,1-3H3. The average molecular weight is 183 g/mol. The summed E-state index contributed by atoms with van der Waals surface area (Å²) < 4.78 is 0. The first-order valence-corrected chi connectivity index (χ1v) is 5.90. The lowest BCUT2D eigenvalue weighted by Crippen LogP contribution is -2.38. The number of rotatable bonds is 3. The van der Waals surface area contributed by atoms with E-state index >= 15 is 0 Å². The van der Waals surface area contributed by atoms with E-state index in [1.807, 2.05) is 0 Å². The van der Waals surface area contributed by atoms with Crippen molar-refractivity contribution in [1.29, 1.82) is 0 Å². The molecule has 0 spiro atoms. The van der Waals surface area contributed by atoms with Gasteiger partial charge in [-0.15, -0.1) is 0 Å². The van der Waals surface area contributed by atoms with Crippen molar-refractivity contribution in [2.75, 3.05) is 0 Å². The summed E-state index contributed by atoms with van der Waals surface area (Å²) in [7, 11) is 0. The minimum Gasteiger partial charge on any atom is -0.327 e. The SMILES string of the molecule is CCC(C)C(N)C1CCCC(C)C1. The van der Waals surface area contributed by atoms with E-state index in [0.717, 1.165) is 11.8 Å². The van der Waals surface area contributed by atoms with Crippen molar-refractivity contribution in [3.63, 3.8) is 0 Å². The second-order valence-corrected chi connectivity index (χ2v) is 4.99. The van der Waals surface area contributed by atoms with Gasteiger partial charge >= 0.3 is 0 Å². The minimum atomic E-state index is 0.452. The van der Waals surface area contributed by atoms with Crippen molar-refractivity contribution in [2.45, 2.75) is 58.9 Å². The Labute approximate surface area is 83.1 Å². The molecule has 4 unspecified atom stereocenters. The van der Waals surface area contributed by atoms with Crippen LogP contribution in [-0.4, -0.2) is 6.04 Å². The molecule has 0 aliphatic heterocycles. The van der Waals surface area contributed by atoms with Crippen LogP contribution in [0.5, 0.6) is 0 Å². The van der Waals surface area contributed by atoms with Crippen LogP contribution >= 0.6 is 0 Å². The molecule has 0 aromatic carbocycles. The van der Waals surface area contributed by atoms with E-state index in [2.05, 4.69) is 20.8 Å². The van der Waals surface area contributed by atoms with E-state index in [0.29, 0.717) is 12.0 Å².